The molecule has 20 heavy (non-hydrogen) atoms. The molecule has 0 amide bonds. The van der Waals surface area contributed by atoms with Crippen molar-refractivity contribution in [3.63, 3.8) is 0 Å². The summed E-state index contributed by atoms with van der Waals surface area (Å²) < 4.78 is 40.4. The number of alkyl halides is 3. The van der Waals surface area contributed by atoms with E-state index in [1.54, 1.807) is 13.1 Å². The molecular formula is C13H11F3N4. The third-order valence-electron chi connectivity index (χ3n) is 3.19. The first kappa shape index (κ1) is 12.6. The number of rotatable bonds is 1. The number of nitrogens with one attached hydrogen (secondary N) is 1. The number of aromatic amines is 1. The number of fused-ring (bicyclic) bond motifs is 1. The molecule has 0 aliphatic rings. The van der Waals surface area contributed by atoms with Gasteiger partial charge in [-0.1, -0.05) is 6.07 Å². The average molecular weight is 280 g/mol. The molecule has 3 N–H and O–H groups in total. The quantitative estimate of drug-likeness (QED) is 0.719. The van der Waals surface area contributed by atoms with Crippen molar-refractivity contribution >= 4 is 16.6 Å². The lowest BCUT2D eigenvalue weighted by molar-refractivity contribution is -0.136. The largest absolute Gasteiger partial charge is 0.417 e. The Kier molecular flexibility index (Phi) is 2.53. The van der Waals surface area contributed by atoms with Gasteiger partial charge in [0.1, 0.15) is 5.69 Å². The van der Waals surface area contributed by atoms with Gasteiger partial charge in [-0.2, -0.15) is 18.3 Å². The zero-order chi connectivity index (χ0) is 14.5. The number of halogens is 3. The van der Waals surface area contributed by atoms with Crippen LogP contribution < -0.4 is 5.73 Å². The van der Waals surface area contributed by atoms with Crippen molar-refractivity contribution in [2.24, 2.45) is 7.05 Å². The Bertz CT molecular complexity index is 763. The van der Waals surface area contributed by atoms with E-state index in [4.69, 9.17) is 5.73 Å². The SMILES string of the molecule is Cn1ncc(N)c1-c1cc2c(C(F)(F)F)cccc2[nH]1. The van der Waals surface area contributed by atoms with Crippen LogP contribution in [0.1, 0.15) is 5.56 Å². The van der Waals surface area contributed by atoms with Crippen LogP contribution in [-0.4, -0.2) is 14.8 Å². The third kappa shape index (κ3) is 1.82. The molecule has 0 saturated heterocycles. The van der Waals surface area contributed by atoms with E-state index < -0.39 is 11.7 Å². The molecule has 0 aliphatic carbocycles. The first-order valence-corrected chi connectivity index (χ1v) is 5.84. The average Bonchev–Trinajstić information content (AvgIpc) is 2.90. The highest BCUT2D eigenvalue weighted by molar-refractivity contribution is 5.90. The van der Waals surface area contributed by atoms with Crippen LogP contribution in [0.3, 0.4) is 0 Å². The minimum absolute atomic E-state index is 0.121. The van der Waals surface area contributed by atoms with Crippen molar-refractivity contribution in [2.75, 3.05) is 5.73 Å². The second-order valence-corrected chi connectivity index (χ2v) is 4.52. The lowest BCUT2D eigenvalue weighted by Crippen LogP contribution is -2.04. The van der Waals surface area contributed by atoms with Crippen LogP contribution in [0.25, 0.3) is 22.3 Å². The molecule has 104 valence electrons. The van der Waals surface area contributed by atoms with Crippen LogP contribution in [0.4, 0.5) is 18.9 Å². The Labute approximate surface area is 112 Å². The summed E-state index contributed by atoms with van der Waals surface area (Å²) in [6, 6.07) is 5.48. The highest BCUT2D eigenvalue weighted by Gasteiger charge is 2.33. The van der Waals surface area contributed by atoms with E-state index in [2.05, 4.69) is 10.1 Å². The number of nitrogens with zero attached hydrogens (tertiary/aromatic N) is 2. The van der Waals surface area contributed by atoms with Gasteiger partial charge in [0.2, 0.25) is 0 Å². The highest BCUT2D eigenvalue weighted by Crippen LogP contribution is 2.37. The predicted molar refractivity (Wildman–Crippen MR) is 69.9 cm³/mol. The fourth-order valence-electron chi connectivity index (χ4n) is 2.31. The molecule has 0 aliphatic heterocycles. The molecule has 2 aromatic heterocycles. The number of benzene rings is 1. The number of aryl methyl sites for hydroxylation is 1. The molecule has 0 fully saturated rings. The number of nitrogen functional groups attached to an aromatic ring is 1. The van der Waals surface area contributed by atoms with Gasteiger partial charge in [-0.15, -0.1) is 0 Å². The first-order chi connectivity index (χ1) is 9.38. The van der Waals surface area contributed by atoms with Gasteiger partial charge in [-0.25, -0.2) is 0 Å². The summed E-state index contributed by atoms with van der Waals surface area (Å²) in [5.74, 6) is 0. The number of anilines is 1. The monoisotopic (exact) mass is 280 g/mol. The van der Waals surface area contributed by atoms with Crippen molar-refractivity contribution in [2.45, 2.75) is 6.18 Å². The van der Waals surface area contributed by atoms with Crippen LogP contribution in [0, 0.1) is 0 Å². The summed E-state index contributed by atoms with van der Waals surface area (Å²) in [5, 5.41) is 4.10. The van der Waals surface area contributed by atoms with Gasteiger partial charge >= 0.3 is 6.18 Å². The van der Waals surface area contributed by atoms with Crippen LogP contribution in [0.15, 0.2) is 30.5 Å². The van der Waals surface area contributed by atoms with E-state index >= 15 is 0 Å². The van der Waals surface area contributed by atoms with Gasteiger partial charge in [0, 0.05) is 18.0 Å². The summed E-state index contributed by atoms with van der Waals surface area (Å²) in [6.07, 6.45) is -2.93. The Morgan fingerprint density at radius 3 is 2.65 bits per heavy atom. The van der Waals surface area contributed by atoms with E-state index in [1.807, 2.05) is 0 Å². The van der Waals surface area contributed by atoms with Gasteiger partial charge in [0.25, 0.3) is 0 Å². The van der Waals surface area contributed by atoms with Crippen LogP contribution in [0.2, 0.25) is 0 Å². The number of hydrogen-bond acceptors (Lipinski definition) is 2. The Morgan fingerprint density at radius 2 is 2.05 bits per heavy atom. The molecular weight excluding hydrogens is 269 g/mol. The molecule has 7 heteroatoms. The van der Waals surface area contributed by atoms with Crippen LogP contribution >= 0.6 is 0 Å². The molecule has 0 atom stereocenters. The summed E-state index contributed by atoms with van der Waals surface area (Å²) in [4.78, 5) is 2.95. The molecule has 4 nitrogen and oxygen atoms in total. The second-order valence-electron chi connectivity index (χ2n) is 4.52. The lowest BCUT2D eigenvalue weighted by atomic mass is 10.1. The minimum Gasteiger partial charge on any atom is -0.396 e. The number of hydrogen-bond donors (Lipinski definition) is 2. The van der Waals surface area contributed by atoms with Crippen molar-refractivity contribution in [3.05, 3.63) is 36.0 Å². The van der Waals surface area contributed by atoms with E-state index in [0.717, 1.165) is 6.07 Å². The van der Waals surface area contributed by atoms with Crippen molar-refractivity contribution in [1.82, 2.24) is 14.8 Å². The molecule has 0 radical (unpaired) electrons. The standard InChI is InChI=1S/C13H11F3N4/c1-20-12(9(17)6-18-20)11-5-7-8(13(14,15)16)3-2-4-10(7)19-11/h2-6,19H,17H2,1H3. The summed E-state index contributed by atoms with van der Waals surface area (Å²) in [7, 11) is 1.68. The van der Waals surface area contributed by atoms with E-state index in [1.165, 1.54) is 23.0 Å². The fraction of sp³-hybridized carbons (Fsp3) is 0.154. The Hall–Kier alpha value is -2.44. The number of aromatic nitrogens is 3. The second kappa shape index (κ2) is 4.03. The molecule has 3 aromatic rings. The van der Waals surface area contributed by atoms with E-state index in [9.17, 15) is 13.2 Å². The van der Waals surface area contributed by atoms with Gasteiger partial charge in [0.15, 0.2) is 0 Å². The fourth-order valence-corrected chi connectivity index (χ4v) is 2.31. The van der Waals surface area contributed by atoms with Crippen molar-refractivity contribution in [3.8, 4) is 11.4 Å². The van der Waals surface area contributed by atoms with E-state index in [-0.39, 0.29) is 5.39 Å². The first-order valence-electron chi connectivity index (χ1n) is 5.84. The lowest BCUT2D eigenvalue weighted by Gasteiger charge is -2.06. The van der Waals surface area contributed by atoms with E-state index in [0.29, 0.717) is 22.6 Å². The van der Waals surface area contributed by atoms with Crippen molar-refractivity contribution in [1.29, 1.82) is 0 Å². The maximum absolute atomic E-state index is 13.0. The summed E-state index contributed by atoms with van der Waals surface area (Å²) in [6.45, 7) is 0. The molecule has 0 spiro atoms. The normalized spacial score (nSPS) is 12.2. The maximum atomic E-state index is 13.0. The van der Waals surface area contributed by atoms with Crippen LogP contribution in [-0.2, 0) is 13.2 Å². The predicted octanol–water partition coefficient (Wildman–Crippen LogP) is 3.17. The zero-order valence-electron chi connectivity index (χ0n) is 10.5. The third-order valence-corrected chi connectivity index (χ3v) is 3.19. The number of nitrogens with two attached hydrogens (primary N) is 1. The molecule has 1 aromatic carbocycles. The molecule has 2 heterocycles. The highest BCUT2D eigenvalue weighted by atomic mass is 19.4. The molecule has 3 rings (SSSR count). The van der Waals surface area contributed by atoms with Crippen LogP contribution in [0.5, 0.6) is 0 Å². The van der Waals surface area contributed by atoms with Gasteiger partial charge < -0.3 is 10.7 Å². The zero-order valence-corrected chi connectivity index (χ0v) is 10.5. The van der Waals surface area contributed by atoms with Gasteiger partial charge in [-0.3, -0.25) is 4.68 Å². The topological polar surface area (TPSA) is 59.6 Å². The molecule has 0 bridgehead atoms. The molecule has 0 unspecified atom stereocenters. The maximum Gasteiger partial charge on any atom is 0.417 e. The number of H-pyrrole nitrogens is 1. The van der Waals surface area contributed by atoms with Gasteiger partial charge in [0.05, 0.1) is 23.1 Å². The minimum atomic E-state index is -4.39. The summed E-state index contributed by atoms with van der Waals surface area (Å²) in [5.41, 5.74) is 7.02. The summed E-state index contributed by atoms with van der Waals surface area (Å²) >= 11 is 0. The Balaban J connectivity index is 2.27. The van der Waals surface area contributed by atoms with Crippen molar-refractivity contribution < 1.29 is 13.2 Å². The van der Waals surface area contributed by atoms with Gasteiger partial charge in [-0.05, 0) is 18.2 Å². The Morgan fingerprint density at radius 1 is 1.30 bits per heavy atom. The smallest absolute Gasteiger partial charge is 0.396 e. The molecule has 0 saturated carbocycles.